The van der Waals surface area contributed by atoms with Gasteiger partial charge in [-0.2, -0.15) is 0 Å². The van der Waals surface area contributed by atoms with Gasteiger partial charge in [0.25, 0.3) is 0 Å². The smallest absolute Gasteiger partial charge is 0.218 e. The van der Waals surface area contributed by atoms with Crippen LogP contribution >= 0.6 is 0 Å². The molecule has 126 valence electrons. The van der Waals surface area contributed by atoms with E-state index in [0.717, 1.165) is 36.6 Å². The lowest BCUT2D eigenvalue weighted by atomic mass is 10.0. The van der Waals surface area contributed by atoms with E-state index in [9.17, 15) is 4.79 Å². The summed E-state index contributed by atoms with van der Waals surface area (Å²) in [6.45, 7) is 8.28. The fraction of sp³-hybridized carbons (Fsp3) is 0.368. The highest BCUT2D eigenvalue weighted by Crippen LogP contribution is 2.30. The minimum absolute atomic E-state index is 0.0167. The number of rotatable bonds is 3. The van der Waals surface area contributed by atoms with E-state index in [0.29, 0.717) is 0 Å². The first-order chi connectivity index (χ1) is 11.6. The third-order valence-electron chi connectivity index (χ3n) is 4.59. The zero-order valence-corrected chi connectivity index (χ0v) is 14.5. The lowest BCUT2D eigenvalue weighted by Gasteiger charge is -2.39. The van der Waals surface area contributed by atoms with Gasteiger partial charge < -0.3 is 15.5 Å². The van der Waals surface area contributed by atoms with Crippen LogP contribution in [0.4, 0.5) is 5.69 Å². The number of piperazine rings is 1. The van der Waals surface area contributed by atoms with Crippen LogP contribution in [0.15, 0.2) is 36.5 Å². The largest absolute Gasteiger partial charge is 0.347 e. The van der Waals surface area contributed by atoms with Crippen LogP contribution in [0.2, 0.25) is 0 Å². The average molecular weight is 324 g/mol. The minimum Gasteiger partial charge on any atom is -0.347 e. The normalized spacial score (nSPS) is 17.6. The second-order valence-electron chi connectivity index (χ2n) is 6.22. The van der Waals surface area contributed by atoms with Crippen molar-refractivity contribution in [2.75, 3.05) is 24.5 Å². The SMILES string of the molecule is CC(=O)NC1CNCCN1c1cnc(-c2ccccc2)c(C)c1C. The van der Waals surface area contributed by atoms with E-state index < -0.39 is 0 Å². The van der Waals surface area contributed by atoms with Crippen molar-refractivity contribution < 1.29 is 4.79 Å². The molecule has 5 heteroatoms. The Hall–Kier alpha value is -2.40. The molecule has 0 saturated carbocycles. The Labute approximate surface area is 143 Å². The molecule has 2 N–H and O–H groups in total. The monoisotopic (exact) mass is 324 g/mol. The van der Waals surface area contributed by atoms with Gasteiger partial charge in [0.2, 0.25) is 5.91 Å². The summed E-state index contributed by atoms with van der Waals surface area (Å²) in [4.78, 5) is 18.5. The number of amides is 1. The molecule has 0 radical (unpaired) electrons. The molecule has 1 fully saturated rings. The molecule has 24 heavy (non-hydrogen) atoms. The molecule has 0 spiro atoms. The van der Waals surface area contributed by atoms with Gasteiger partial charge in [0.15, 0.2) is 0 Å². The predicted molar refractivity (Wildman–Crippen MR) is 97.0 cm³/mol. The average Bonchev–Trinajstić information content (AvgIpc) is 2.58. The summed E-state index contributed by atoms with van der Waals surface area (Å²) in [6.07, 6.45) is 1.89. The molecule has 1 unspecified atom stereocenters. The fourth-order valence-electron chi connectivity index (χ4n) is 3.22. The highest BCUT2D eigenvalue weighted by molar-refractivity contribution is 5.74. The molecule has 1 aromatic heterocycles. The quantitative estimate of drug-likeness (QED) is 0.909. The Kier molecular flexibility index (Phi) is 4.81. The Bertz CT molecular complexity index is 730. The van der Waals surface area contributed by atoms with Gasteiger partial charge in [-0.1, -0.05) is 30.3 Å². The standard InChI is InChI=1S/C19H24N4O/c1-13-14(2)19(16-7-5-4-6-8-16)21-11-17(13)23-10-9-20-12-18(23)22-15(3)24/h4-8,11,18,20H,9-10,12H2,1-3H3,(H,22,24). The minimum atomic E-state index is -0.0428. The first-order valence-corrected chi connectivity index (χ1v) is 8.34. The van der Waals surface area contributed by atoms with Crippen molar-refractivity contribution in [3.05, 3.63) is 47.7 Å². The number of carbonyl (C=O) groups is 1. The summed E-state index contributed by atoms with van der Waals surface area (Å²) in [5, 5.41) is 6.35. The number of pyridine rings is 1. The van der Waals surface area contributed by atoms with Crippen molar-refractivity contribution in [1.29, 1.82) is 0 Å². The molecule has 2 heterocycles. The summed E-state index contributed by atoms with van der Waals surface area (Å²) in [5.74, 6) is -0.0167. The first-order valence-electron chi connectivity index (χ1n) is 8.34. The Morgan fingerprint density at radius 1 is 1.25 bits per heavy atom. The topological polar surface area (TPSA) is 57.3 Å². The van der Waals surface area contributed by atoms with Gasteiger partial charge in [-0.05, 0) is 25.0 Å². The van der Waals surface area contributed by atoms with Crippen LogP contribution in [0.5, 0.6) is 0 Å². The lowest BCUT2D eigenvalue weighted by Crippen LogP contribution is -2.59. The van der Waals surface area contributed by atoms with Gasteiger partial charge in [0.05, 0.1) is 17.6 Å². The van der Waals surface area contributed by atoms with Crippen molar-refractivity contribution in [3.63, 3.8) is 0 Å². The van der Waals surface area contributed by atoms with Crippen LogP contribution in [0.3, 0.4) is 0 Å². The van der Waals surface area contributed by atoms with Gasteiger partial charge in [-0.15, -0.1) is 0 Å². The van der Waals surface area contributed by atoms with Crippen molar-refractivity contribution >= 4 is 11.6 Å². The molecule has 1 saturated heterocycles. The molecular formula is C19H24N4O. The Balaban J connectivity index is 1.96. The highest BCUT2D eigenvalue weighted by atomic mass is 16.1. The lowest BCUT2D eigenvalue weighted by molar-refractivity contribution is -0.119. The number of carbonyl (C=O) groups excluding carboxylic acids is 1. The van der Waals surface area contributed by atoms with Crippen molar-refractivity contribution in [2.45, 2.75) is 26.9 Å². The molecule has 3 rings (SSSR count). The summed E-state index contributed by atoms with van der Waals surface area (Å²) in [7, 11) is 0. The van der Waals surface area contributed by atoms with Crippen LogP contribution in [-0.4, -0.2) is 36.7 Å². The van der Waals surface area contributed by atoms with Gasteiger partial charge in [-0.3, -0.25) is 9.78 Å². The summed E-state index contributed by atoms with van der Waals surface area (Å²) >= 11 is 0. The second kappa shape index (κ2) is 7.01. The maximum Gasteiger partial charge on any atom is 0.218 e. The zero-order chi connectivity index (χ0) is 17.1. The molecule has 1 aliphatic rings. The molecule has 2 aromatic rings. The number of hydrogen-bond acceptors (Lipinski definition) is 4. The maximum absolute atomic E-state index is 11.5. The van der Waals surface area contributed by atoms with Gasteiger partial charge in [0, 0.05) is 32.1 Å². The number of anilines is 1. The molecule has 1 atom stereocenters. The van der Waals surface area contributed by atoms with E-state index in [2.05, 4.69) is 41.5 Å². The van der Waals surface area contributed by atoms with E-state index >= 15 is 0 Å². The maximum atomic E-state index is 11.5. The van der Waals surface area contributed by atoms with Crippen LogP contribution in [0, 0.1) is 13.8 Å². The number of aromatic nitrogens is 1. The molecule has 1 aliphatic heterocycles. The summed E-state index contributed by atoms with van der Waals surface area (Å²) in [5.41, 5.74) is 5.62. The van der Waals surface area contributed by atoms with E-state index in [4.69, 9.17) is 4.98 Å². The molecule has 1 aromatic carbocycles. The van der Waals surface area contributed by atoms with E-state index in [1.807, 2.05) is 24.4 Å². The predicted octanol–water partition coefficient (Wildman–Crippen LogP) is 2.24. The van der Waals surface area contributed by atoms with E-state index in [1.54, 1.807) is 6.92 Å². The van der Waals surface area contributed by atoms with Gasteiger partial charge in [-0.25, -0.2) is 0 Å². The Morgan fingerprint density at radius 3 is 2.71 bits per heavy atom. The Morgan fingerprint density at radius 2 is 2.00 bits per heavy atom. The highest BCUT2D eigenvalue weighted by Gasteiger charge is 2.25. The van der Waals surface area contributed by atoms with Crippen LogP contribution in [0.1, 0.15) is 18.1 Å². The third-order valence-corrected chi connectivity index (χ3v) is 4.59. The van der Waals surface area contributed by atoms with Crippen LogP contribution in [0.25, 0.3) is 11.3 Å². The number of benzene rings is 1. The van der Waals surface area contributed by atoms with Crippen LogP contribution < -0.4 is 15.5 Å². The van der Waals surface area contributed by atoms with E-state index in [1.165, 1.54) is 11.1 Å². The van der Waals surface area contributed by atoms with Gasteiger partial charge in [0.1, 0.15) is 6.17 Å². The number of nitrogens with one attached hydrogen (secondary N) is 2. The second-order valence-corrected chi connectivity index (χ2v) is 6.22. The molecule has 5 nitrogen and oxygen atoms in total. The summed E-state index contributed by atoms with van der Waals surface area (Å²) < 4.78 is 0. The van der Waals surface area contributed by atoms with Crippen molar-refractivity contribution in [3.8, 4) is 11.3 Å². The molecule has 0 aliphatic carbocycles. The van der Waals surface area contributed by atoms with Crippen molar-refractivity contribution in [2.24, 2.45) is 0 Å². The van der Waals surface area contributed by atoms with Gasteiger partial charge >= 0.3 is 0 Å². The number of hydrogen-bond donors (Lipinski definition) is 2. The third kappa shape index (κ3) is 3.26. The first kappa shape index (κ1) is 16.5. The molecule has 1 amide bonds. The van der Waals surface area contributed by atoms with Crippen molar-refractivity contribution in [1.82, 2.24) is 15.6 Å². The number of nitrogens with zero attached hydrogens (tertiary/aromatic N) is 2. The summed E-state index contributed by atoms with van der Waals surface area (Å²) in [6, 6.07) is 10.2. The molecule has 0 bridgehead atoms. The van der Waals surface area contributed by atoms with E-state index in [-0.39, 0.29) is 12.1 Å². The zero-order valence-electron chi connectivity index (χ0n) is 14.5. The van der Waals surface area contributed by atoms with Crippen LogP contribution in [-0.2, 0) is 4.79 Å². The fourth-order valence-corrected chi connectivity index (χ4v) is 3.22. The molecular weight excluding hydrogens is 300 g/mol.